The molecule has 2 aliphatic carbocycles. The van der Waals surface area contributed by atoms with Crippen molar-refractivity contribution in [1.29, 1.82) is 0 Å². The average molecular weight is 711 g/mol. The molecular formula is C54H34N2. The standard InChI is InChI=1S/C54H34N2/c1-3-11-43-41(9-1)47-15-7-13-45-39(23-25-49(43)53(45)47)37-29-36(34-20-18-33(19-21-34)35-22-27-52(56-32-35)51-17-5-6-28-55-51)30-38(31-37)40-24-26-50-44-12-4-2-10-42(44)48-16-8-14-46(40)54(48)50/h1-31,56H,32H2. The third kappa shape index (κ3) is 4.66. The summed E-state index contributed by atoms with van der Waals surface area (Å²) in [4.78, 5) is 4.52. The highest BCUT2D eigenvalue weighted by Crippen LogP contribution is 2.51. The quantitative estimate of drug-likeness (QED) is 0.192. The predicted octanol–water partition coefficient (Wildman–Crippen LogP) is 13.7. The maximum atomic E-state index is 4.52. The third-order valence-corrected chi connectivity index (χ3v) is 12.1. The molecule has 1 N–H and O–H groups in total. The van der Waals surface area contributed by atoms with Gasteiger partial charge in [-0.1, -0.05) is 146 Å². The number of aromatic nitrogens is 1. The van der Waals surface area contributed by atoms with Crippen LogP contribution in [0.5, 0.6) is 0 Å². The second kappa shape index (κ2) is 12.1. The largest absolute Gasteiger partial charge is 0.379 e. The van der Waals surface area contributed by atoms with Crippen LogP contribution in [-0.2, 0) is 0 Å². The van der Waals surface area contributed by atoms with Gasteiger partial charge in [-0.05, 0) is 147 Å². The topological polar surface area (TPSA) is 24.9 Å². The van der Waals surface area contributed by atoms with Gasteiger partial charge in [-0.3, -0.25) is 4.98 Å². The zero-order chi connectivity index (χ0) is 36.7. The molecule has 0 bridgehead atoms. The smallest absolute Gasteiger partial charge is 0.0861 e. The van der Waals surface area contributed by atoms with Crippen molar-refractivity contribution in [2.24, 2.45) is 0 Å². The van der Waals surface area contributed by atoms with Crippen molar-refractivity contribution in [3.63, 3.8) is 0 Å². The molecule has 0 fully saturated rings. The molecule has 56 heavy (non-hydrogen) atoms. The van der Waals surface area contributed by atoms with E-state index in [1.54, 1.807) is 0 Å². The van der Waals surface area contributed by atoms with Crippen molar-refractivity contribution in [3.8, 4) is 77.9 Å². The summed E-state index contributed by atoms with van der Waals surface area (Å²) in [5.41, 5.74) is 22.4. The number of rotatable bonds is 5. The molecule has 1 aromatic heterocycles. The first-order chi connectivity index (χ1) is 27.8. The lowest BCUT2D eigenvalue weighted by Gasteiger charge is -2.18. The molecule has 2 heterocycles. The number of dihydropyridines is 1. The van der Waals surface area contributed by atoms with Crippen LogP contribution in [0.15, 0.2) is 188 Å². The van der Waals surface area contributed by atoms with E-state index in [9.17, 15) is 0 Å². The molecule has 0 atom stereocenters. The molecular weight excluding hydrogens is 677 g/mol. The number of hydrogen-bond acceptors (Lipinski definition) is 2. The van der Waals surface area contributed by atoms with Gasteiger partial charge in [0.1, 0.15) is 0 Å². The lowest BCUT2D eigenvalue weighted by Crippen LogP contribution is -2.18. The number of benzene rings is 8. The summed E-state index contributed by atoms with van der Waals surface area (Å²) < 4.78 is 0. The Hall–Kier alpha value is -7.29. The van der Waals surface area contributed by atoms with Crippen molar-refractivity contribution >= 4 is 32.8 Å². The van der Waals surface area contributed by atoms with Crippen molar-refractivity contribution < 1.29 is 0 Å². The summed E-state index contributed by atoms with van der Waals surface area (Å²) >= 11 is 0. The van der Waals surface area contributed by atoms with Gasteiger partial charge in [0.15, 0.2) is 0 Å². The van der Waals surface area contributed by atoms with Crippen LogP contribution in [-0.4, -0.2) is 11.5 Å². The van der Waals surface area contributed by atoms with Crippen molar-refractivity contribution in [3.05, 3.63) is 199 Å². The van der Waals surface area contributed by atoms with E-state index in [1.165, 1.54) is 111 Å². The monoisotopic (exact) mass is 710 g/mol. The van der Waals surface area contributed by atoms with Crippen LogP contribution in [0.25, 0.3) is 111 Å². The van der Waals surface area contributed by atoms with Crippen LogP contribution >= 0.6 is 0 Å². The molecule has 2 nitrogen and oxygen atoms in total. The first-order valence-electron chi connectivity index (χ1n) is 19.4. The average Bonchev–Trinajstić information content (AvgIpc) is 3.78. The van der Waals surface area contributed by atoms with Crippen molar-refractivity contribution in [2.75, 3.05) is 6.54 Å². The van der Waals surface area contributed by atoms with Gasteiger partial charge in [0.2, 0.25) is 0 Å². The Kier molecular flexibility index (Phi) is 6.73. The second-order valence-corrected chi connectivity index (χ2v) is 15.1. The fraction of sp³-hybridized carbons (Fsp3) is 0.0185. The van der Waals surface area contributed by atoms with E-state index in [0.717, 1.165) is 17.9 Å². The van der Waals surface area contributed by atoms with Crippen LogP contribution in [0.2, 0.25) is 0 Å². The zero-order valence-corrected chi connectivity index (χ0v) is 30.6. The van der Waals surface area contributed by atoms with E-state index < -0.39 is 0 Å². The predicted molar refractivity (Wildman–Crippen MR) is 235 cm³/mol. The zero-order valence-electron chi connectivity index (χ0n) is 30.6. The summed E-state index contributed by atoms with van der Waals surface area (Å²) in [5, 5.41) is 8.86. The molecule has 9 aromatic rings. The van der Waals surface area contributed by atoms with Crippen LogP contribution in [0.1, 0.15) is 11.3 Å². The molecule has 260 valence electrons. The highest BCUT2D eigenvalue weighted by molar-refractivity contribution is 6.20. The second-order valence-electron chi connectivity index (χ2n) is 15.1. The molecule has 0 spiro atoms. The van der Waals surface area contributed by atoms with Gasteiger partial charge in [-0.25, -0.2) is 0 Å². The fourth-order valence-corrected chi connectivity index (χ4v) is 9.49. The number of allylic oxidation sites excluding steroid dienone is 2. The fourth-order valence-electron chi connectivity index (χ4n) is 9.49. The molecule has 0 amide bonds. The van der Waals surface area contributed by atoms with E-state index >= 15 is 0 Å². The molecule has 12 rings (SSSR count). The Morgan fingerprint density at radius 2 is 0.839 bits per heavy atom. The van der Waals surface area contributed by atoms with Crippen molar-refractivity contribution in [1.82, 2.24) is 10.3 Å². The van der Waals surface area contributed by atoms with Gasteiger partial charge in [-0.2, -0.15) is 0 Å². The lowest BCUT2D eigenvalue weighted by molar-refractivity contribution is 0.994. The summed E-state index contributed by atoms with van der Waals surface area (Å²) in [6.45, 7) is 0.755. The molecule has 8 aromatic carbocycles. The summed E-state index contributed by atoms with van der Waals surface area (Å²) in [5.74, 6) is 0. The normalized spacial score (nSPS) is 13.3. The van der Waals surface area contributed by atoms with Crippen LogP contribution < -0.4 is 5.32 Å². The molecule has 0 radical (unpaired) electrons. The van der Waals surface area contributed by atoms with Gasteiger partial charge in [0.05, 0.1) is 11.4 Å². The van der Waals surface area contributed by atoms with Crippen LogP contribution in [0, 0.1) is 0 Å². The molecule has 2 heteroatoms. The Bertz CT molecular complexity index is 2950. The highest BCUT2D eigenvalue weighted by atomic mass is 14.9. The molecule has 0 saturated heterocycles. The SMILES string of the molecule is C1=C(c2ccc(-c3cc(-c4ccc5c6c(cccc46)-c4ccccc4-5)cc(-c4ccc5c6c(cccc46)-c4ccccc4-5)c3)cc2)CNC(c2ccccn2)=C1. The van der Waals surface area contributed by atoms with Crippen LogP contribution in [0.4, 0.5) is 0 Å². The van der Waals surface area contributed by atoms with Crippen LogP contribution in [0.3, 0.4) is 0 Å². The summed E-state index contributed by atoms with van der Waals surface area (Å²) in [7, 11) is 0. The molecule has 3 aliphatic rings. The van der Waals surface area contributed by atoms with Gasteiger partial charge in [-0.15, -0.1) is 0 Å². The minimum absolute atomic E-state index is 0.755. The van der Waals surface area contributed by atoms with E-state index in [4.69, 9.17) is 0 Å². The maximum Gasteiger partial charge on any atom is 0.0861 e. The molecule has 0 saturated carbocycles. The first kappa shape index (κ1) is 31.1. The summed E-state index contributed by atoms with van der Waals surface area (Å²) in [6, 6.07) is 62.9. The number of nitrogens with one attached hydrogen (secondary N) is 1. The van der Waals surface area contributed by atoms with E-state index in [-0.39, 0.29) is 0 Å². The number of nitrogens with zero attached hydrogens (tertiary/aromatic N) is 1. The number of hydrogen-bond donors (Lipinski definition) is 1. The maximum absolute atomic E-state index is 4.52. The Morgan fingerprint density at radius 1 is 0.357 bits per heavy atom. The minimum Gasteiger partial charge on any atom is -0.379 e. The Morgan fingerprint density at radius 3 is 1.36 bits per heavy atom. The highest BCUT2D eigenvalue weighted by Gasteiger charge is 2.25. The molecule has 0 unspecified atom stereocenters. The lowest BCUT2D eigenvalue weighted by atomic mass is 9.88. The first-order valence-corrected chi connectivity index (χ1v) is 19.4. The van der Waals surface area contributed by atoms with Crippen molar-refractivity contribution in [2.45, 2.75) is 0 Å². The van der Waals surface area contributed by atoms with Gasteiger partial charge in [0, 0.05) is 12.7 Å². The van der Waals surface area contributed by atoms with Gasteiger partial charge < -0.3 is 5.32 Å². The van der Waals surface area contributed by atoms with E-state index in [1.807, 2.05) is 24.4 Å². The molecule has 1 aliphatic heterocycles. The number of fused-ring (bicyclic) bond motifs is 6. The Labute approximate surface area is 325 Å². The third-order valence-electron chi connectivity index (χ3n) is 12.1. The summed E-state index contributed by atoms with van der Waals surface area (Å²) in [6.07, 6.45) is 6.19. The van der Waals surface area contributed by atoms with Gasteiger partial charge >= 0.3 is 0 Å². The van der Waals surface area contributed by atoms with E-state index in [2.05, 4.69) is 174 Å². The van der Waals surface area contributed by atoms with Gasteiger partial charge in [0.25, 0.3) is 0 Å². The van der Waals surface area contributed by atoms with E-state index in [0.29, 0.717) is 0 Å². The number of pyridine rings is 1. The minimum atomic E-state index is 0.755. The Balaban J connectivity index is 1.02.